The number of anilines is 1. The van der Waals surface area contributed by atoms with Gasteiger partial charge < -0.3 is 24.4 Å². The minimum absolute atomic E-state index is 0.00370. The Hall–Kier alpha value is -3.53. The first-order chi connectivity index (χ1) is 17.8. The number of methoxy groups -OCH3 is 1. The van der Waals surface area contributed by atoms with E-state index in [0.717, 1.165) is 28.6 Å². The van der Waals surface area contributed by atoms with Crippen molar-refractivity contribution >= 4 is 62.0 Å². The minimum atomic E-state index is -0.599. The number of carbonyl (C=O) groups is 2. The molecule has 37 heavy (non-hydrogen) atoms. The van der Waals surface area contributed by atoms with Crippen molar-refractivity contribution in [3.05, 3.63) is 66.0 Å². The summed E-state index contributed by atoms with van der Waals surface area (Å²) in [5, 5.41) is 13.0. The van der Waals surface area contributed by atoms with E-state index in [-0.39, 0.29) is 34.3 Å². The van der Waals surface area contributed by atoms with E-state index in [1.54, 1.807) is 31.3 Å². The SMILES string of the molecule is C=CC(=O)N1CCN(c2snc3c(F)c(-c4cc(O)cc5ccccc45)c(Cl)cc23)C(C=O)C1.COC. The summed E-state index contributed by atoms with van der Waals surface area (Å²) in [4.78, 5) is 27.2. The highest BCUT2D eigenvalue weighted by molar-refractivity contribution is 7.11. The van der Waals surface area contributed by atoms with Gasteiger partial charge in [-0.25, -0.2) is 4.39 Å². The van der Waals surface area contributed by atoms with Crippen LogP contribution in [0.5, 0.6) is 5.75 Å². The lowest BCUT2D eigenvalue weighted by Crippen LogP contribution is -2.55. The summed E-state index contributed by atoms with van der Waals surface area (Å²) in [6.07, 6.45) is 2.00. The number of aromatic nitrogens is 1. The number of carbonyl (C=O) groups excluding carboxylic acids is 2. The predicted octanol–water partition coefficient (Wildman–Crippen LogP) is 5.28. The Labute approximate surface area is 222 Å². The highest BCUT2D eigenvalue weighted by Crippen LogP contribution is 2.44. The van der Waals surface area contributed by atoms with Crippen LogP contribution in [0.25, 0.3) is 32.8 Å². The molecule has 3 aromatic carbocycles. The van der Waals surface area contributed by atoms with Crippen molar-refractivity contribution in [2.45, 2.75) is 6.04 Å². The lowest BCUT2D eigenvalue weighted by molar-refractivity contribution is -0.127. The summed E-state index contributed by atoms with van der Waals surface area (Å²) < 4.78 is 24.5. The zero-order valence-corrected chi connectivity index (χ0v) is 21.9. The van der Waals surface area contributed by atoms with Crippen LogP contribution in [0.4, 0.5) is 9.39 Å². The summed E-state index contributed by atoms with van der Waals surface area (Å²) in [5.74, 6) is -0.828. The molecule has 0 aliphatic carbocycles. The number of benzene rings is 3. The van der Waals surface area contributed by atoms with Crippen LogP contribution in [-0.4, -0.2) is 66.5 Å². The number of hydrogen-bond acceptors (Lipinski definition) is 7. The lowest BCUT2D eigenvalue weighted by atomic mass is 9.96. The molecule has 1 aromatic heterocycles. The van der Waals surface area contributed by atoms with Gasteiger partial charge in [-0.15, -0.1) is 0 Å². The normalized spacial score (nSPS) is 15.4. The second-order valence-electron chi connectivity index (χ2n) is 8.44. The number of ether oxygens (including phenoxy) is 1. The maximum absolute atomic E-state index is 15.9. The molecule has 1 atom stereocenters. The van der Waals surface area contributed by atoms with E-state index < -0.39 is 11.9 Å². The third kappa shape index (κ3) is 5.02. The number of nitrogens with zero attached hydrogens (tertiary/aromatic N) is 3. The number of aromatic hydroxyl groups is 1. The lowest BCUT2D eigenvalue weighted by Gasteiger charge is -2.39. The van der Waals surface area contributed by atoms with E-state index in [1.165, 1.54) is 12.1 Å². The molecule has 1 aliphatic rings. The molecule has 5 rings (SSSR count). The standard InChI is InChI=1S/C25H19ClFN3O3S.C2H6O/c1-2-21(33)29-7-8-30(15(12-29)13-31)25-19-11-20(26)22(23(27)24(19)28-34-25)18-10-16(32)9-14-5-3-4-6-17(14)18;1-3-2/h2-6,9-11,13,15,32H,1,7-8,12H2;1-2H3. The molecule has 0 spiro atoms. The van der Waals surface area contributed by atoms with Crippen molar-refractivity contribution in [2.75, 3.05) is 38.8 Å². The highest BCUT2D eigenvalue weighted by atomic mass is 35.5. The number of halogens is 2. The van der Waals surface area contributed by atoms with Crippen molar-refractivity contribution in [3.8, 4) is 16.9 Å². The Morgan fingerprint density at radius 1 is 1.24 bits per heavy atom. The van der Waals surface area contributed by atoms with Gasteiger partial charge in [-0.1, -0.05) is 42.4 Å². The van der Waals surface area contributed by atoms with E-state index in [2.05, 4.69) is 15.7 Å². The zero-order valence-electron chi connectivity index (χ0n) is 20.3. The van der Waals surface area contributed by atoms with Gasteiger partial charge in [-0.2, -0.15) is 4.37 Å². The number of phenolic OH excluding ortho intramolecular Hbond substituents is 1. The number of amides is 1. The van der Waals surface area contributed by atoms with Gasteiger partial charge >= 0.3 is 0 Å². The van der Waals surface area contributed by atoms with Gasteiger partial charge in [0.25, 0.3) is 0 Å². The van der Waals surface area contributed by atoms with Crippen LogP contribution < -0.4 is 4.90 Å². The Kier molecular flexibility index (Phi) is 8.06. The van der Waals surface area contributed by atoms with Gasteiger partial charge in [0.15, 0.2) is 5.82 Å². The van der Waals surface area contributed by atoms with Crippen molar-refractivity contribution < 1.29 is 23.8 Å². The van der Waals surface area contributed by atoms with E-state index in [1.807, 2.05) is 29.2 Å². The number of piperazine rings is 1. The van der Waals surface area contributed by atoms with Crippen LogP contribution in [0, 0.1) is 5.82 Å². The monoisotopic (exact) mass is 541 g/mol. The molecule has 2 heterocycles. The molecule has 10 heteroatoms. The molecular weight excluding hydrogens is 517 g/mol. The Balaban J connectivity index is 0.00000102. The maximum atomic E-state index is 15.9. The fourth-order valence-corrected chi connectivity index (χ4v) is 5.70. The maximum Gasteiger partial charge on any atom is 0.246 e. The molecular formula is C27H25ClFN3O4S. The second-order valence-corrected chi connectivity index (χ2v) is 9.60. The topological polar surface area (TPSA) is 83.0 Å². The molecule has 1 N–H and O–H groups in total. The van der Waals surface area contributed by atoms with Crippen LogP contribution >= 0.6 is 23.1 Å². The van der Waals surface area contributed by atoms with Crippen LogP contribution in [0.15, 0.2) is 55.1 Å². The summed E-state index contributed by atoms with van der Waals surface area (Å²) in [7, 11) is 3.25. The zero-order chi connectivity index (χ0) is 26.7. The first-order valence-corrected chi connectivity index (χ1v) is 12.5. The Morgan fingerprint density at radius 3 is 2.68 bits per heavy atom. The Bertz CT molecular complexity index is 1490. The van der Waals surface area contributed by atoms with E-state index in [9.17, 15) is 14.7 Å². The molecule has 1 aliphatic heterocycles. The number of fused-ring (bicyclic) bond motifs is 2. The molecule has 4 aromatic rings. The largest absolute Gasteiger partial charge is 0.508 e. The second kappa shape index (κ2) is 11.2. The van der Waals surface area contributed by atoms with Gasteiger partial charge in [0, 0.05) is 44.8 Å². The molecule has 0 bridgehead atoms. The van der Waals surface area contributed by atoms with Gasteiger partial charge in [0.2, 0.25) is 5.91 Å². The Morgan fingerprint density at radius 2 is 1.97 bits per heavy atom. The molecule has 1 amide bonds. The molecule has 1 unspecified atom stereocenters. The molecule has 7 nitrogen and oxygen atoms in total. The van der Waals surface area contributed by atoms with Crippen molar-refractivity contribution in [1.29, 1.82) is 0 Å². The summed E-state index contributed by atoms with van der Waals surface area (Å²) in [6, 6.07) is 11.5. The van der Waals surface area contributed by atoms with Gasteiger partial charge in [-0.3, -0.25) is 4.79 Å². The molecule has 0 radical (unpaired) electrons. The van der Waals surface area contributed by atoms with Crippen molar-refractivity contribution in [3.63, 3.8) is 0 Å². The number of phenols is 1. The fourth-order valence-electron chi connectivity index (χ4n) is 4.46. The molecule has 1 fully saturated rings. The number of aldehydes is 1. The third-order valence-electron chi connectivity index (χ3n) is 6.08. The molecule has 0 saturated carbocycles. The molecule has 1 saturated heterocycles. The van der Waals surface area contributed by atoms with Crippen molar-refractivity contribution in [2.24, 2.45) is 0 Å². The number of rotatable bonds is 4. The van der Waals surface area contributed by atoms with Crippen LogP contribution in [-0.2, 0) is 14.3 Å². The number of hydrogen-bond donors (Lipinski definition) is 1. The minimum Gasteiger partial charge on any atom is -0.508 e. The van der Waals surface area contributed by atoms with Gasteiger partial charge in [0.05, 0.1) is 5.02 Å². The van der Waals surface area contributed by atoms with Gasteiger partial charge in [-0.05, 0) is 52.1 Å². The van der Waals surface area contributed by atoms with Crippen LogP contribution in [0.3, 0.4) is 0 Å². The van der Waals surface area contributed by atoms with Crippen LogP contribution in [0.1, 0.15) is 0 Å². The average molecular weight is 542 g/mol. The summed E-state index contributed by atoms with van der Waals surface area (Å²) in [5.41, 5.74) is 0.768. The van der Waals surface area contributed by atoms with Crippen molar-refractivity contribution in [1.82, 2.24) is 9.27 Å². The van der Waals surface area contributed by atoms with Gasteiger partial charge in [0.1, 0.15) is 28.6 Å². The summed E-state index contributed by atoms with van der Waals surface area (Å²) in [6.45, 7) is 4.49. The van der Waals surface area contributed by atoms with E-state index in [0.29, 0.717) is 29.0 Å². The summed E-state index contributed by atoms with van der Waals surface area (Å²) >= 11 is 7.70. The first kappa shape index (κ1) is 26.5. The average Bonchev–Trinajstić information content (AvgIpc) is 3.31. The third-order valence-corrected chi connectivity index (χ3v) is 7.28. The van der Waals surface area contributed by atoms with Crippen LogP contribution in [0.2, 0.25) is 5.02 Å². The van der Waals surface area contributed by atoms with E-state index >= 15 is 4.39 Å². The van der Waals surface area contributed by atoms with E-state index in [4.69, 9.17) is 11.6 Å². The highest BCUT2D eigenvalue weighted by Gasteiger charge is 2.32. The smallest absolute Gasteiger partial charge is 0.246 e. The fraction of sp³-hybridized carbons (Fsp3) is 0.222. The first-order valence-electron chi connectivity index (χ1n) is 11.4. The quantitative estimate of drug-likeness (QED) is 0.280. The molecule has 192 valence electrons. The predicted molar refractivity (Wildman–Crippen MR) is 146 cm³/mol.